The lowest BCUT2D eigenvalue weighted by Gasteiger charge is -2.09. The fourth-order valence-corrected chi connectivity index (χ4v) is 2.02. The number of hydrogen-bond donors (Lipinski definition) is 2. The Bertz CT molecular complexity index is 835. The van der Waals surface area contributed by atoms with E-state index in [0.717, 1.165) is 17.0 Å². The number of pyridine rings is 2. The Morgan fingerprint density at radius 3 is 2.86 bits per heavy atom. The zero-order chi connectivity index (χ0) is 14.8. The number of benzene rings is 1. The minimum absolute atomic E-state index is 0.0886. The van der Waals surface area contributed by atoms with Crippen molar-refractivity contribution in [2.75, 3.05) is 5.32 Å². The van der Waals surface area contributed by atoms with Crippen LogP contribution in [0.3, 0.4) is 0 Å². The SMILES string of the molecule is NC(=O)c1ccc(F)nc1Nc1ccc2ncccc2c1. The largest absolute Gasteiger partial charge is 0.365 e. The third-order valence-electron chi connectivity index (χ3n) is 2.99. The third-order valence-corrected chi connectivity index (χ3v) is 2.99. The molecule has 0 saturated heterocycles. The number of carbonyl (C=O) groups is 1. The number of fused-ring (bicyclic) bond motifs is 1. The van der Waals surface area contributed by atoms with Crippen molar-refractivity contribution >= 4 is 28.3 Å². The summed E-state index contributed by atoms with van der Waals surface area (Å²) in [5.41, 5.74) is 6.89. The number of nitrogens with zero attached hydrogens (tertiary/aromatic N) is 2. The molecule has 21 heavy (non-hydrogen) atoms. The van der Waals surface area contributed by atoms with Gasteiger partial charge in [0, 0.05) is 17.3 Å². The molecule has 0 spiro atoms. The first-order chi connectivity index (χ1) is 10.1. The highest BCUT2D eigenvalue weighted by molar-refractivity contribution is 5.98. The standard InChI is InChI=1S/C15H11FN4O/c16-13-6-4-11(14(17)21)15(20-13)19-10-3-5-12-9(8-10)2-1-7-18-12/h1-8H,(H2,17,21)(H,19,20). The lowest BCUT2D eigenvalue weighted by atomic mass is 10.2. The Morgan fingerprint density at radius 2 is 2.05 bits per heavy atom. The van der Waals surface area contributed by atoms with E-state index in [1.165, 1.54) is 6.07 Å². The number of aromatic nitrogens is 2. The summed E-state index contributed by atoms with van der Waals surface area (Å²) in [6, 6.07) is 11.5. The minimum atomic E-state index is -0.690. The highest BCUT2D eigenvalue weighted by Crippen LogP contribution is 2.22. The minimum Gasteiger partial charge on any atom is -0.365 e. The van der Waals surface area contributed by atoms with Gasteiger partial charge in [-0.3, -0.25) is 9.78 Å². The summed E-state index contributed by atoms with van der Waals surface area (Å²) < 4.78 is 13.3. The molecule has 5 nitrogen and oxygen atoms in total. The quantitative estimate of drug-likeness (QED) is 0.723. The van der Waals surface area contributed by atoms with E-state index in [1.807, 2.05) is 24.3 Å². The van der Waals surface area contributed by atoms with Gasteiger partial charge in [-0.25, -0.2) is 4.98 Å². The first-order valence-corrected chi connectivity index (χ1v) is 6.21. The molecule has 2 aromatic heterocycles. The van der Waals surface area contributed by atoms with Gasteiger partial charge in [0.2, 0.25) is 5.95 Å². The van der Waals surface area contributed by atoms with Gasteiger partial charge in [-0.05, 0) is 36.4 Å². The van der Waals surface area contributed by atoms with Crippen molar-refractivity contribution in [2.45, 2.75) is 0 Å². The van der Waals surface area contributed by atoms with Crippen molar-refractivity contribution in [3.8, 4) is 0 Å². The molecule has 3 N–H and O–H groups in total. The van der Waals surface area contributed by atoms with Crippen LogP contribution in [-0.4, -0.2) is 15.9 Å². The van der Waals surface area contributed by atoms with E-state index in [-0.39, 0.29) is 11.4 Å². The normalized spacial score (nSPS) is 10.5. The van der Waals surface area contributed by atoms with E-state index in [1.54, 1.807) is 12.3 Å². The molecular weight excluding hydrogens is 271 g/mol. The molecule has 0 unspecified atom stereocenters. The van der Waals surface area contributed by atoms with Crippen molar-refractivity contribution in [1.29, 1.82) is 0 Å². The fraction of sp³-hybridized carbons (Fsp3) is 0. The zero-order valence-corrected chi connectivity index (χ0v) is 10.9. The molecule has 0 bridgehead atoms. The average molecular weight is 282 g/mol. The third kappa shape index (κ3) is 2.64. The summed E-state index contributed by atoms with van der Waals surface area (Å²) >= 11 is 0. The Labute approximate surface area is 119 Å². The van der Waals surface area contributed by atoms with Gasteiger partial charge in [-0.15, -0.1) is 0 Å². The number of halogens is 1. The van der Waals surface area contributed by atoms with Crippen LogP contribution in [0.4, 0.5) is 15.9 Å². The summed E-state index contributed by atoms with van der Waals surface area (Å²) in [5, 5.41) is 3.82. The van der Waals surface area contributed by atoms with Gasteiger partial charge >= 0.3 is 0 Å². The van der Waals surface area contributed by atoms with E-state index in [2.05, 4.69) is 15.3 Å². The lowest BCUT2D eigenvalue weighted by molar-refractivity contribution is 0.100. The molecule has 0 aliphatic rings. The summed E-state index contributed by atoms with van der Waals surface area (Å²) in [5.74, 6) is -1.27. The number of nitrogens with one attached hydrogen (secondary N) is 1. The molecule has 0 aliphatic carbocycles. The van der Waals surface area contributed by atoms with Crippen LogP contribution in [0.15, 0.2) is 48.7 Å². The molecule has 3 rings (SSSR count). The van der Waals surface area contributed by atoms with Gasteiger partial charge in [0.15, 0.2) is 0 Å². The maximum Gasteiger partial charge on any atom is 0.252 e. The van der Waals surface area contributed by atoms with Crippen LogP contribution in [0.25, 0.3) is 10.9 Å². The number of anilines is 2. The van der Waals surface area contributed by atoms with E-state index in [0.29, 0.717) is 5.69 Å². The van der Waals surface area contributed by atoms with Gasteiger partial charge in [0.25, 0.3) is 5.91 Å². The van der Waals surface area contributed by atoms with Crippen molar-refractivity contribution in [3.05, 3.63) is 60.2 Å². The number of amides is 1. The van der Waals surface area contributed by atoms with Gasteiger partial charge in [-0.1, -0.05) is 6.07 Å². The molecule has 0 fully saturated rings. The molecule has 3 aromatic rings. The number of primary amides is 1. The van der Waals surface area contributed by atoms with E-state index < -0.39 is 11.9 Å². The molecule has 104 valence electrons. The van der Waals surface area contributed by atoms with Crippen molar-refractivity contribution in [1.82, 2.24) is 9.97 Å². The van der Waals surface area contributed by atoms with Gasteiger partial charge in [-0.2, -0.15) is 4.39 Å². The first-order valence-electron chi connectivity index (χ1n) is 6.21. The van der Waals surface area contributed by atoms with Crippen LogP contribution in [0.2, 0.25) is 0 Å². The predicted octanol–water partition coefficient (Wildman–Crippen LogP) is 2.61. The Kier molecular flexibility index (Phi) is 3.19. The van der Waals surface area contributed by atoms with Crippen LogP contribution >= 0.6 is 0 Å². The zero-order valence-electron chi connectivity index (χ0n) is 10.9. The highest BCUT2D eigenvalue weighted by Gasteiger charge is 2.11. The molecule has 0 radical (unpaired) electrons. The average Bonchev–Trinajstić information content (AvgIpc) is 2.47. The van der Waals surface area contributed by atoms with Crippen LogP contribution in [0, 0.1) is 5.95 Å². The second-order valence-corrected chi connectivity index (χ2v) is 4.43. The second kappa shape index (κ2) is 5.16. The van der Waals surface area contributed by atoms with Crippen molar-refractivity contribution < 1.29 is 9.18 Å². The van der Waals surface area contributed by atoms with Gasteiger partial charge in [0.1, 0.15) is 5.82 Å². The van der Waals surface area contributed by atoms with Crippen LogP contribution in [0.1, 0.15) is 10.4 Å². The Morgan fingerprint density at radius 1 is 1.19 bits per heavy atom. The van der Waals surface area contributed by atoms with E-state index >= 15 is 0 Å². The van der Waals surface area contributed by atoms with Gasteiger partial charge < -0.3 is 11.1 Å². The summed E-state index contributed by atoms with van der Waals surface area (Å²) in [6.45, 7) is 0. The maximum absolute atomic E-state index is 13.3. The number of carbonyl (C=O) groups excluding carboxylic acids is 1. The molecule has 6 heteroatoms. The molecule has 0 aliphatic heterocycles. The smallest absolute Gasteiger partial charge is 0.252 e. The fourth-order valence-electron chi connectivity index (χ4n) is 2.02. The predicted molar refractivity (Wildman–Crippen MR) is 77.7 cm³/mol. The number of nitrogens with two attached hydrogens (primary N) is 1. The number of hydrogen-bond acceptors (Lipinski definition) is 4. The molecule has 0 saturated carbocycles. The highest BCUT2D eigenvalue weighted by atomic mass is 19.1. The molecule has 1 amide bonds. The second-order valence-electron chi connectivity index (χ2n) is 4.43. The van der Waals surface area contributed by atoms with Gasteiger partial charge in [0.05, 0.1) is 11.1 Å². The Balaban J connectivity index is 2.02. The molecule has 1 aromatic carbocycles. The molecular formula is C15H11FN4O. The van der Waals surface area contributed by atoms with E-state index in [9.17, 15) is 9.18 Å². The van der Waals surface area contributed by atoms with Crippen LogP contribution < -0.4 is 11.1 Å². The summed E-state index contributed by atoms with van der Waals surface area (Å²) in [4.78, 5) is 19.2. The van der Waals surface area contributed by atoms with Crippen LogP contribution in [-0.2, 0) is 0 Å². The van der Waals surface area contributed by atoms with Crippen molar-refractivity contribution in [3.63, 3.8) is 0 Å². The molecule has 2 heterocycles. The van der Waals surface area contributed by atoms with Crippen molar-refractivity contribution in [2.24, 2.45) is 5.73 Å². The summed E-state index contributed by atoms with van der Waals surface area (Å²) in [6.07, 6.45) is 1.70. The monoisotopic (exact) mass is 282 g/mol. The summed E-state index contributed by atoms with van der Waals surface area (Å²) in [7, 11) is 0. The topological polar surface area (TPSA) is 80.9 Å². The lowest BCUT2D eigenvalue weighted by Crippen LogP contribution is -2.14. The van der Waals surface area contributed by atoms with E-state index in [4.69, 9.17) is 5.73 Å². The first kappa shape index (κ1) is 13.0. The molecule has 0 atom stereocenters. The maximum atomic E-state index is 13.3. The van der Waals surface area contributed by atoms with Crippen LogP contribution in [0.5, 0.6) is 0 Å². The Hall–Kier alpha value is -3.02. The number of rotatable bonds is 3.